The largest absolute Gasteiger partial charge is 0.0776 e. The van der Waals surface area contributed by atoms with Crippen LogP contribution in [0.1, 0.15) is 81.1 Å². The molecule has 0 aromatic rings. The molecule has 0 saturated carbocycles. The molecule has 0 aliphatic rings. The summed E-state index contributed by atoms with van der Waals surface area (Å²) in [5.74, 6) is 0. The quantitative estimate of drug-likeness (QED) is 0.615. The van der Waals surface area contributed by atoms with Crippen LogP contribution in [0, 0.1) is 0 Å². The second kappa shape index (κ2) is 38.0. The maximum Gasteiger partial charge on any atom is 0 e. The predicted molar refractivity (Wildman–Crippen MR) is 63.9 cm³/mol. The normalized spacial score (nSPS) is 6.46. The van der Waals surface area contributed by atoms with E-state index < -0.39 is 0 Å². The van der Waals surface area contributed by atoms with Crippen LogP contribution in [0.15, 0.2) is 0 Å². The topological polar surface area (TPSA) is 0 Å². The third kappa shape index (κ3) is 62.0. The Bertz CT molecular complexity index is 26.1. The third-order valence-corrected chi connectivity index (χ3v) is 1.41. The summed E-state index contributed by atoms with van der Waals surface area (Å²) >= 11 is 0. The Morgan fingerprint density at radius 2 is 0.692 bits per heavy atom. The number of hydrogen-bond acceptors (Lipinski definition) is 0. The van der Waals surface area contributed by atoms with Crippen molar-refractivity contribution >= 4 is 0 Å². The van der Waals surface area contributed by atoms with Crippen molar-refractivity contribution in [3.05, 3.63) is 0 Å². The fraction of sp³-hybridized carbons (Fsp3) is 1.00. The van der Waals surface area contributed by atoms with Gasteiger partial charge in [-0.1, -0.05) is 81.1 Å². The van der Waals surface area contributed by atoms with Crippen LogP contribution in [-0.4, -0.2) is 0 Å². The van der Waals surface area contributed by atoms with Crippen LogP contribution in [0.2, 0.25) is 0 Å². The molecule has 0 atom stereocenters. The van der Waals surface area contributed by atoms with Gasteiger partial charge in [0.25, 0.3) is 0 Å². The summed E-state index contributed by atoms with van der Waals surface area (Å²) in [4.78, 5) is 0. The van der Waals surface area contributed by atoms with Gasteiger partial charge in [-0.15, -0.1) is 0 Å². The van der Waals surface area contributed by atoms with Crippen LogP contribution < -0.4 is 0 Å². The maximum atomic E-state index is 2.21. The zero-order valence-corrected chi connectivity index (χ0v) is 11.7. The minimum Gasteiger partial charge on any atom is -0.0776 e. The molecule has 0 aromatic heterocycles. The molecule has 13 heavy (non-hydrogen) atoms. The smallest absolute Gasteiger partial charge is 0 e. The molecule has 0 nitrogen and oxygen atoms in total. The monoisotopic (exact) mass is 265 g/mol. The van der Waals surface area contributed by atoms with Crippen LogP contribution in [0.3, 0.4) is 0 Å². The SMILES string of the molecule is C.C.CCCCC.CCCCC.[Y]. The molecule has 0 unspecified atom stereocenters. The van der Waals surface area contributed by atoms with Gasteiger partial charge in [0.2, 0.25) is 0 Å². The van der Waals surface area contributed by atoms with Gasteiger partial charge in [0, 0.05) is 32.7 Å². The molecule has 0 aliphatic carbocycles. The summed E-state index contributed by atoms with van der Waals surface area (Å²) in [7, 11) is 0. The Hall–Kier alpha value is 1.10. The first-order valence-corrected chi connectivity index (χ1v) is 4.83. The van der Waals surface area contributed by atoms with Crippen molar-refractivity contribution in [3.8, 4) is 0 Å². The molecule has 1 heteroatoms. The fourth-order valence-electron chi connectivity index (χ4n) is 0.707. The maximum absolute atomic E-state index is 2.21. The second-order valence-electron chi connectivity index (χ2n) is 2.71. The molecule has 0 heterocycles. The molecule has 0 amide bonds. The van der Waals surface area contributed by atoms with Gasteiger partial charge in [0.1, 0.15) is 0 Å². The zero-order valence-electron chi connectivity index (χ0n) is 8.82. The van der Waals surface area contributed by atoms with Crippen LogP contribution in [-0.2, 0) is 32.7 Å². The Balaban J connectivity index is -0.0000000267. The van der Waals surface area contributed by atoms with Gasteiger partial charge in [0.15, 0.2) is 0 Å². The summed E-state index contributed by atoms with van der Waals surface area (Å²) in [5, 5.41) is 0. The van der Waals surface area contributed by atoms with E-state index in [0.29, 0.717) is 0 Å². The fourth-order valence-corrected chi connectivity index (χ4v) is 0.707. The molecule has 0 saturated heterocycles. The van der Waals surface area contributed by atoms with Crippen LogP contribution in [0.4, 0.5) is 0 Å². The molecule has 83 valence electrons. The van der Waals surface area contributed by atoms with E-state index in [-0.39, 0.29) is 47.6 Å². The number of rotatable bonds is 4. The summed E-state index contributed by atoms with van der Waals surface area (Å²) in [6, 6.07) is 0. The summed E-state index contributed by atoms with van der Waals surface area (Å²) < 4.78 is 0. The van der Waals surface area contributed by atoms with Gasteiger partial charge >= 0.3 is 0 Å². The van der Waals surface area contributed by atoms with Crippen molar-refractivity contribution in [2.75, 3.05) is 0 Å². The standard InChI is InChI=1S/2C5H12.2CH4.Y/c2*1-3-5-4-2;;;/h2*3-5H2,1-2H3;2*1H4;. The molecule has 0 spiro atoms. The molecular formula is C12H32Y. The van der Waals surface area contributed by atoms with Crippen molar-refractivity contribution in [3.63, 3.8) is 0 Å². The first kappa shape index (κ1) is 29.2. The second-order valence-corrected chi connectivity index (χ2v) is 2.71. The Morgan fingerprint density at radius 1 is 0.538 bits per heavy atom. The molecule has 0 bridgehead atoms. The Kier molecular flexibility index (Phi) is 85.5. The third-order valence-electron chi connectivity index (χ3n) is 1.41. The molecule has 0 aromatic carbocycles. The van der Waals surface area contributed by atoms with E-state index in [0.717, 1.165) is 0 Å². The van der Waals surface area contributed by atoms with Crippen LogP contribution in [0.25, 0.3) is 0 Å². The molecule has 0 N–H and O–H groups in total. The van der Waals surface area contributed by atoms with E-state index in [9.17, 15) is 0 Å². The van der Waals surface area contributed by atoms with Crippen LogP contribution in [0.5, 0.6) is 0 Å². The van der Waals surface area contributed by atoms with Crippen molar-refractivity contribution < 1.29 is 32.7 Å². The predicted octanol–water partition coefficient (Wildman–Crippen LogP) is 5.66. The van der Waals surface area contributed by atoms with Gasteiger partial charge < -0.3 is 0 Å². The Morgan fingerprint density at radius 3 is 0.692 bits per heavy atom. The summed E-state index contributed by atoms with van der Waals surface area (Å²) in [5.41, 5.74) is 0. The van der Waals surface area contributed by atoms with Gasteiger partial charge in [-0.2, -0.15) is 0 Å². The van der Waals surface area contributed by atoms with Crippen molar-refractivity contribution in [1.29, 1.82) is 0 Å². The minimum absolute atomic E-state index is 0. The molecule has 1 radical (unpaired) electrons. The van der Waals surface area contributed by atoms with Crippen molar-refractivity contribution in [1.82, 2.24) is 0 Å². The van der Waals surface area contributed by atoms with E-state index in [1.54, 1.807) is 0 Å². The number of hydrogen-bond donors (Lipinski definition) is 0. The minimum atomic E-state index is 0. The van der Waals surface area contributed by atoms with E-state index in [2.05, 4.69) is 27.7 Å². The molecular weight excluding hydrogens is 233 g/mol. The van der Waals surface area contributed by atoms with E-state index >= 15 is 0 Å². The molecule has 0 rings (SSSR count). The Labute approximate surface area is 113 Å². The average molecular weight is 265 g/mol. The van der Waals surface area contributed by atoms with Gasteiger partial charge in [0.05, 0.1) is 0 Å². The van der Waals surface area contributed by atoms with E-state index in [1.165, 1.54) is 38.5 Å². The van der Waals surface area contributed by atoms with Crippen molar-refractivity contribution in [2.45, 2.75) is 81.1 Å². The number of unbranched alkanes of at least 4 members (excludes halogenated alkanes) is 4. The first-order valence-electron chi connectivity index (χ1n) is 4.83. The first-order chi connectivity index (χ1) is 4.83. The van der Waals surface area contributed by atoms with Gasteiger partial charge in [-0.3, -0.25) is 0 Å². The van der Waals surface area contributed by atoms with E-state index in [1.807, 2.05) is 0 Å². The van der Waals surface area contributed by atoms with E-state index in [4.69, 9.17) is 0 Å². The average Bonchev–Trinajstić information content (AvgIpc) is 1.93. The molecule has 0 aliphatic heterocycles. The summed E-state index contributed by atoms with van der Waals surface area (Å²) in [6.07, 6.45) is 8.15. The van der Waals surface area contributed by atoms with Crippen LogP contribution >= 0.6 is 0 Å². The molecule has 0 fully saturated rings. The summed E-state index contributed by atoms with van der Waals surface area (Å²) in [6.45, 7) is 8.85. The van der Waals surface area contributed by atoms with Crippen molar-refractivity contribution in [2.24, 2.45) is 0 Å². The zero-order chi connectivity index (χ0) is 8.24. The van der Waals surface area contributed by atoms with Gasteiger partial charge in [-0.05, 0) is 0 Å². The van der Waals surface area contributed by atoms with Gasteiger partial charge in [-0.25, -0.2) is 0 Å².